The van der Waals surface area contributed by atoms with Crippen LogP contribution < -0.4 is 9.64 Å². The number of ether oxygens (including phenoxy) is 1. The first-order chi connectivity index (χ1) is 9.90. The van der Waals surface area contributed by atoms with Crippen LogP contribution in [0.1, 0.15) is 29.8 Å². The zero-order chi connectivity index (χ0) is 15.2. The first kappa shape index (κ1) is 13.9. The van der Waals surface area contributed by atoms with Gasteiger partial charge >= 0.3 is 0 Å². The van der Waals surface area contributed by atoms with Gasteiger partial charge in [0.1, 0.15) is 16.7 Å². The van der Waals surface area contributed by atoms with Crippen LogP contribution in [-0.4, -0.2) is 16.6 Å². The zero-order valence-electron chi connectivity index (χ0n) is 12.1. The van der Waals surface area contributed by atoms with Crippen molar-refractivity contribution >= 4 is 23.3 Å². The molecule has 0 bridgehead atoms. The van der Waals surface area contributed by atoms with E-state index in [-0.39, 0.29) is 5.91 Å². The molecule has 0 atom stereocenters. The summed E-state index contributed by atoms with van der Waals surface area (Å²) in [6, 6.07) is 10.8. The lowest BCUT2D eigenvalue weighted by molar-refractivity contribution is 0.0631. The van der Waals surface area contributed by atoms with E-state index in [4.69, 9.17) is 16.3 Å². The number of pyridine rings is 1. The van der Waals surface area contributed by atoms with Gasteiger partial charge in [-0.25, -0.2) is 4.98 Å². The molecule has 0 fully saturated rings. The summed E-state index contributed by atoms with van der Waals surface area (Å²) in [5.41, 5.74) is 0.552. The smallest absolute Gasteiger partial charge is 0.266 e. The van der Waals surface area contributed by atoms with Crippen molar-refractivity contribution in [1.82, 2.24) is 4.98 Å². The molecule has 1 aromatic heterocycles. The number of hydrogen-bond donors (Lipinski definition) is 0. The van der Waals surface area contributed by atoms with E-state index in [1.54, 1.807) is 18.2 Å². The molecule has 0 unspecified atom stereocenters. The first-order valence-corrected chi connectivity index (χ1v) is 7.04. The van der Waals surface area contributed by atoms with E-state index < -0.39 is 5.72 Å². The molecule has 0 saturated heterocycles. The minimum Gasteiger partial charge on any atom is -0.467 e. The molecule has 3 rings (SSSR count). The number of carbonyl (C=O) groups excluding carboxylic acids is 1. The molecular weight excluding hydrogens is 288 g/mol. The monoisotopic (exact) mass is 302 g/mol. The van der Waals surface area contributed by atoms with Gasteiger partial charge in [0.2, 0.25) is 0 Å². The van der Waals surface area contributed by atoms with Crippen molar-refractivity contribution in [3.63, 3.8) is 0 Å². The number of benzene rings is 1. The van der Waals surface area contributed by atoms with E-state index >= 15 is 0 Å². The number of halogens is 1. The Morgan fingerprint density at radius 2 is 1.90 bits per heavy atom. The normalized spacial score (nSPS) is 16.4. The summed E-state index contributed by atoms with van der Waals surface area (Å²) in [7, 11) is 0. The highest BCUT2D eigenvalue weighted by Crippen LogP contribution is 2.36. The summed E-state index contributed by atoms with van der Waals surface area (Å²) in [6.07, 6.45) is 0. The molecule has 108 valence electrons. The standard InChI is InChI=1S/C16H15ClN2O2/c1-10-8-9-13(18-14(10)17)19-15(20)11-6-4-5-7-12(11)21-16(19,2)3/h4-9H,1-3H3. The highest BCUT2D eigenvalue weighted by Gasteiger charge is 2.41. The molecule has 1 amide bonds. The van der Waals surface area contributed by atoms with Crippen LogP contribution in [0.4, 0.5) is 5.82 Å². The highest BCUT2D eigenvalue weighted by atomic mass is 35.5. The largest absolute Gasteiger partial charge is 0.467 e. The Labute approximate surface area is 128 Å². The van der Waals surface area contributed by atoms with E-state index in [1.807, 2.05) is 39.0 Å². The van der Waals surface area contributed by atoms with Crippen molar-refractivity contribution in [1.29, 1.82) is 0 Å². The number of aryl methyl sites for hydroxylation is 1. The maximum absolute atomic E-state index is 12.8. The summed E-state index contributed by atoms with van der Waals surface area (Å²) < 4.78 is 5.95. The Bertz CT molecular complexity index is 728. The summed E-state index contributed by atoms with van der Waals surface area (Å²) in [6.45, 7) is 5.53. The minimum absolute atomic E-state index is 0.144. The predicted octanol–water partition coefficient (Wildman–Crippen LogP) is 3.82. The third-order valence-corrected chi connectivity index (χ3v) is 3.85. The molecule has 1 aliphatic rings. The van der Waals surface area contributed by atoms with Crippen LogP contribution in [0, 0.1) is 6.92 Å². The molecule has 0 saturated carbocycles. The summed E-state index contributed by atoms with van der Waals surface area (Å²) in [5.74, 6) is 0.923. The molecule has 2 heterocycles. The van der Waals surface area contributed by atoms with Crippen molar-refractivity contribution in [3.05, 3.63) is 52.7 Å². The number of rotatable bonds is 1. The first-order valence-electron chi connectivity index (χ1n) is 6.66. The molecule has 0 radical (unpaired) electrons. The number of para-hydroxylation sites is 1. The number of fused-ring (bicyclic) bond motifs is 1. The van der Waals surface area contributed by atoms with Gasteiger partial charge in [0, 0.05) is 0 Å². The van der Waals surface area contributed by atoms with Crippen molar-refractivity contribution in [3.8, 4) is 5.75 Å². The van der Waals surface area contributed by atoms with Gasteiger partial charge in [0.25, 0.3) is 5.91 Å². The SMILES string of the molecule is Cc1ccc(N2C(=O)c3ccccc3OC2(C)C)nc1Cl. The summed E-state index contributed by atoms with van der Waals surface area (Å²) in [5, 5.41) is 0.384. The van der Waals surface area contributed by atoms with Crippen LogP contribution in [0.25, 0.3) is 0 Å². The van der Waals surface area contributed by atoms with E-state index in [0.29, 0.717) is 22.3 Å². The van der Waals surface area contributed by atoms with E-state index in [2.05, 4.69) is 4.98 Å². The Balaban J connectivity index is 2.13. The third-order valence-electron chi connectivity index (χ3n) is 3.47. The number of hydrogen-bond acceptors (Lipinski definition) is 3. The number of nitrogens with zero attached hydrogens (tertiary/aromatic N) is 2. The fourth-order valence-electron chi connectivity index (χ4n) is 2.41. The average Bonchev–Trinajstić information content (AvgIpc) is 2.42. The van der Waals surface area contributed by atoms with Gasteiger partial charge in [-0.2, -0.15) is 0 Å². The Morgan fingerprint density at radius 3 is 2.62 bits per heavy atom. The fourth-order valence-corrected chi connectivity index (χ4v) is 2.56. The maximum Gasteiger partial charge on any atom is 0.266 e. The third kappa shape index (κ3) is 2.25. The van der Waals surface area contributed by atoms with Gasteiger partial charge in [0.15, 0.2) is 5.72 Å². The number of aromatic nitrogens is 1. The lowest BCUT2D eigenvalue weighted by Gasteiger charge is -2.41. The Hall–Kier alpha value is -2.07. The summed E-state index contributed by atoms with van der Waals surface area (Å²) in [4.78, 5) is 18.6. The van der Waals surface area contributed by atoms with Gasteiger partial charge < -0.3 is 4.74 Å². The van der Waals surface area contributed by atoms with Gasteiger partial charge in [-0.3, -0.25) is 9.69 Å². The van der Waals surface area contributed by atoms with Crippen LogP contribution in [0.3, 0.4) is 0 Å². The molecule has 1 aliphatic heterocycles. The van der Waals surface area contributed by atoms with Gasteiger partial charge in [-0.05, 0) is 44.5 Å². The highest BCUT2D eigenvalue weighted by molar-refractivity contribution is 6.30. The van der Waals surface area contributed by atoms with Crippen molar-refractivity contribution < 1.29 is 9.53 Å². The van der Waals surface area contributed by atoms with Crippen molar-refractivity contribution in [2.24, 2.45) is 0 Å². The lowest BCUT2D eigenvalue weighted by atomic mass is 10.1. The van der Waals surface area contributed by atoms with E-state index in [0.717, 1.165) is 5.56 Å². The average molecular weight is 303 g/mol. The number of amides is 1. The number of carbonyl (C=O) groups is 1. The Kier molecular flexibility index (Phi) is 3.14. The molecule has 4 nitrogen and oxygen atoms in total. The number of anilines is 1. The molecule has 1 aromatic carbocycles. The van der Waals surface area contributed by atoms with Crippen LogP contribution >= 0.6 is 11.6 Å². The molecule has 0 N–H and O–H groups in total. The molecule has 0 spiro atoms. The van der Waals surface area contributed by atoms with Gasteiger partial charge in [-0.1, -0.05) is 29.8 Å². The van der Waals surface area contributed by atoms with E-state index in [1.165, 1.54) is 4.90 Å². The lowest BCUT2D eigenvalue weighted by Crippen LogP contribution is -2.55. The predicted molar refractivity (Wildman–Crippen MR) is 81.9 cm³/mol. The van der Waals surface area contributed by atoms with E-state index in [9.17, 15) is 4.79 Å². The Morgan fingerprint density at radius 1 is 1.19 bits per heavy atom. The second-order valence-corrected chi connectivity index (χ2v) is 5.82. The van der Waals surface area contributed by atoms with Crippen molar-refractivity contribution in [2.45, 2.75) is 26.5 Å². The van der Waals surface area contributed by atoms with Crippen molar-refractivity contribution in [2.75, 3.05) is 4.90 Å². The minimum atomic E-state index is -0.836. The van der Waals surface area contributed by atoms with Gasteiger partial charge in [0.05, 0.1) is 5.56 Å². The molecule has 21 heavy (non-hydrogen) atoms. The van der Waals surface area contributed by atoms with Crippen LogP contribution in [-0.2, 0) is 0 Å². The quantitative estimate of drug-likeness (QED) is 0.752. The fraction of sp³-hybridized carbons (Fsp3) is 0.250. The zero-order valence-corrected chi connectivity index (χ0v) is 12.8. The topological polar surface area (TPSA) is 42.4 Å². The summed E-state index contributed by atoms with van der Waals surface area (Å²) >= 11 is 6.08. The molecule has 0 aliphatic carbocycles. The molecular formula is C16H15ClN2O2. The second kappa shape index (κ2) is 4.74. The van der Waals surface area contributed by atoms with Crippen LogP contribution in [0.2, 0.25) is 5.15 Å². The van der Waals surface area contributed by atoms with Gasteiger partial charge in [-0.15, -0.1) is 0 Å². The van der Waals surface area contributed by atoms with Crippen LogP contribution in [0.15, 0.2) is 36.4 Å². The van der Waals surface area contributed by atoms with Crippen LogP contribution in [0.5, 0.6) is 5.75 Å². The maximum atomic E-state index is 12.8. The molecule has 2 aromatic rings. The molecule has 5 heteroatoms. The second-order valence-electron chi connectivity index (χ2n) is 5.46.